The zero-order chi connectivity index (χ0) is 14.9. The van der Waals surface area contributed by atoms with Gasteiger partial charge in [-0.25, -0.2) is 4.79 Å². The first-order chi connectivity index (χ1) is 9.34. The second kappa shape index (κ2) is 5.46. The van der Waals surface area contributed by atoms with Crippen LogP contribution < -0.4 is 0 Å². The van der Waals surface area contributed by atoms with E-state index in [0.29, 0.717) is 30.4 Å². The van der Waals surface area contributed by atoms with Crippen LogP contribution in [0.5, 0.6) is 0 Å². The zero-order valence-electron chi connectivity index (χ0n) is 11.4. The van der Waals surface area contributed by atoms with Gasteiger partial charge in [0.05, 0.1) is 18.1 Å². The molecule has 1 aromatic heterocycles. The summed E-state index contributed by atoms with van der Waals surface area (Å²) in [6.45, 7) is 4.80. The molecule has 0 aliphatic carbocycles. The van der Waals surface area contributed by atoms with Crippen molar-refractivity contribution in [1.29, 1.82) is 0 Å². The highest BCUT2D eigenvalue weighted by molar-refractivity contribution is 6.31. The molecule has 1 fully saturated rings. The summed E-state index contributed by atoms with van der Waals surface area (Å²) in [4.78, 5) is 24.4. The van der Waals surface area contributed by atoms with Gasteiger partial charge in [-0.1, -0.05) is 11.6 Å². The van der Waals surface area contributed by atoms with Gasteiger partial charge in [0.1, 0.15) is 17.9 Å². The van der Waals surface area contributed by atoms with Crippen molar-refractivity contribution in [3.8, 4) is 0 Å². The Morgan fingerprint density at radius 1 is 1.50 bits per heavy atom. The fourth-order valence-corrected chi connectivity index (χ4v) is 2.53. The average molecular weight is 301 g/mol. The number of ether oxygens (including phenoxy) is 1. The van der Waals surface area contributed by atoms with Crippen LogP contribution in [-0.2, 0) is 16.1 Å². The van der Waals surface area contributed by atoms with Gasteiger partial charge in [-0.15, -0.1) is 0 Å². The largest absolute Gasteiger partial charge is 0.480 e. The lowest BCUT2D eigenvalue weighted by molar-refractivity contribution is -0.160. The fraction of sp³-hybridized carbons (Fsp3) is 0.538. The number of hydrogen-bond acceptors (Lipinski definition) is 3. The monoisotopic (exact) mass is 300 g/mol. The molecule has 0 spiro atoms. The first kappa shape index (κ1) is 14.9. The second-order valence-electron chi connectivity index (χ2n) is 5.12. The van der Waals surface area contributed by atoms with E-state index in [0.717, 1.165) is 0 Å². The quantitative estimate of drug-likeness (QED) is 0.894. The predicted octanol–water partition coefficient (Wildman–Crippen LogP) is 1.48. The van der Waals surface area contributed by atoms with E-state index in [9.17, 15) is 9.59 Å². The van der Waals surface area contributed by atoms with Crippen LogP contribution in [-0.4, -0.2) is 51.7 Å². The Kier molecular flexibility index (Phi) is 4.06. The maximum Gasteiger partial charge on any atom is 0.329 e. The van der Waals surface area contributed by atoms with E-state index < -0.39 is 11.6 Å². The van der Waals surface area contributed by atoms with Crippen molar-refractivity contribution >= 4 is 23.5 Å². The molecular weight excluding hydrogens is 284 g/mol. The highest BCUT2D eigenvalue weighted by Gasteiger charge is 2.43. The van der Waals surface area contributed by atoms with Crippen molar-refractivity contribution < 1.29 is 19.4 Å². The van der Waals surface area contributed by atoms with Crippen LogP contribution in [0.3, 0.4) is 0 Å². The predicted molar refractivity (Wildman–Crippen MR) is 73.0 cm³/mol. The summed E-state index contributed by atoms with van der Waals surface area (Å²) in [7, 11) is 0. The number of aryl methyl sites for hydroxylation is 1. The Morgan fingerprint density at radius 2 is 2.15 bits per heavy atom. The third-order valence-corrected chi connectivity index (χ3v) is 3.51. The average Bonchev–Trinajstić information content (AvgIpc) is 2.73. The molecule has 1 aromatic rings. The van der Waals surface area contributed by atoms with Crippen LogP contribution in [0.2, 0.25) is 5.02 Å². The number of hydrogen-bond donors (Lipinski definition) is 1. The SMILES string of the molecule is CCn1cc(Cl)cc1C(=O)N1CC(C)(OCC(=O)O)C1. The molecule has 1 amide bonds. The number of carboxylic acid groups (broad SMARTS) is 1. The third-order valence-electron chi connectivity index (χ3n) is 3.30. The number of amides is 1. The molecular formula is C13H17ClN2O4. The number of carbonyl (C=O) groups is 2. The molecule has 1 aliphatic heterocycles. The van der Waals surface area contributed by atoms with Gasteiger partial charge in [-0.2, -0.15) is 0 Å². The van der Waals surface area contributed by atoms with Gasteiger partial charge in [0.25, 0.3) is 5.91 Å². The number of likely N-dealkylation sites (tertiary alicyclic amines) is 1. The van der Waals surface area contributed by atoms with Gasteiger partial charge >= 0.3 is 5.97 Å². The lowest BCUT2D eigenvalue weighted by Crippen LogP contribution is -2.63. The van der Waals surface area contributed by atoms with Crippen LogP contribution in [0.25, 0.3) is 0 Å². The van der Waals surface area contributed by atoms with E-state index in [1.807, 2.05) is 6.92 Å². The Balaban J connectivity index is 1.98. The third kappa shape index (κ3) is 2.96. The molecule has 2 rings (SSSR count). The number of halogens is 1. The second-order valence-corrected chi connectivity index (χ2v) is 5.56. The number of carboxylic acids is 1. The van der Waals surface area contributed by atoms with Crippen LogP contribution in [0, 0.1) is 0 Å². The number of aromatic nitrogens is 1. The summed E-state index contributed by atoms with van der Waals surface area (Å²) in [6.07, 6.45) is 1.72. The van der Waals surface area contributed by atoms with Crippen LogP contribution in [0.4, 0.5) is 0 Å². The van der Waals surface area contributed by atoms with Crippen LogP contribution in [0.15, 0.2) is 12.3 Å². The van der Waals surface area contributed by atoms with Crippen molar-refractivity contribution in [1.82, 2.24) is 9.47 Å². The van der Waals surface area contributed by atoms with Gasteiger partial charge in [-0.05, 0) is 19.9 Å². The molecule has 1 N–H and O–H groups in total. The summed E-state index contributed by atoms with van der Waals surface area (Å²) in [5, 5.41) is 9.13. The smallest absolute Gasteiger partial charge is 0.329 e. The van der Waals surface area contributed by atoms with Crippen molar-refractivity contribution in [3.05, 3.63) is 23.0 Å². The molecule has 110 valence electrons. The van der Waals surface area contributed by atoms with E-state index in [2.05, 4.69) is 0 Å². The van der Waals surface area contributed by atoms with Crippen molar-refractivity contribution in [2.24, 2.45) is 0 Å². The van der Waals surface area contributed by atoms with Gasteiger partial charge < -0.3 is 19.3 Å². The molecule has 0 atom stereocenters. The standard InChI is InChI=1S/C13H17ClN2O4/c1-3-15-5-9(14)4-10(15)12(19)16-7-13(2,8-16)20-6-11(17)18/h4-5H,3,6-8H2,1-2H3,(H,17,18). The van der Waals surface area contributed by atoms with Gasteiger partial charge in [0.15, 0.2) is 0 Å². The van der Waals surface area contributed by atoms with Crippen molar-refractivity contribution in [2.45, 2.75) is 26.0 Å². The summed E-state index contributed by atoms with van der Waals surface area (Å²) < 4.78 is 7.07. The molecule has 20 heavy (non-hydrogen) atoms. The topological polar surface area (TPSA) is 71.8 Å². The number of aliphatic carboxylic acids is 1. The maximum atomic E-state index is 12.3. The van der Waals surface area contributed by atoms with E-state index >= 15 is 0 Å². The van der Waals surface area contributed by atoms with E-state index in [4.69, 9.17) is 21.4 Å². The van der Waals surface area contributed by atoms with Crippen LogP contribution in [0.1, 0.15) is 24.3 Å². The highest BCUT2D eigenvalue weighted by Crippen LogP contribution is 2.27. The Morgan fingerprint density at radius 3 is 2.70 bits per heavy atom. The number of nitrogens with zero attached hydrogens (tertiary/aromatic N) is 2. The van der Waals surface area contributed by atoms with Gasteiger partial charge in [0.2, 0.25) is 0 Å². The van der Waals surface area contributed by atoms with E-state index in [-0.39, 0.29) is 12.5 Å². The van der Waals surface area contributed by atoms with Crippen molar-refractivity contribution in [3.63, 3.8) is 0 Å². The van der Waals surface area contributed by atoms with E-state index in [1.54, 1.807) is 28.7 Å². The summed E-state index contributed by atoms with van der Waals surface area (Å²) in [5.41, 5.74) is -0.0422. The molecule has 6 nitrogen and oxygen atoms in total. The van der Waals surface area contributed by atoms with E-state index in [1.165, 1.54) is 0 Å². The summed E-state index contributed by atoms with van der Waals surface area (Å²) in [5.74, 6) is -1.13. The lowest BCUT2D eigenvalue weighted by Gasteiger charge is -2.47. The summed E-state index contributed by atoms with van der Waals surface area (Å²) >= 11 is 5.91. The fourth-order valence-electron chi connectivity index (χ4n) is 2.31. The minimum absolute atomic E-state index is 0.116. The molecule has 0 radical (unpaired) electrons. The first-order valence-electron chi connectivity index (χ1n) is 6.35. The van der Waals surface area contributed by atoms with Gasteiger partial charge in [-0.3, -0.25) is 4.79 Å². The summed E-state index contributed by atoms with van der Waals surface area (Å²) in [6, 6.07) is 1.64. The number of rotatable bonds is 5. The lowest BCUT2D eigenvalue weighted by atomic mass is 9.96. The number of carbonyl (C=O) groups excluding carboxylic acids is 1. The molecule has 0 unspecified atom stereocenters. The Bertz CT molecular complexity index is 534. The van der Waals surface area contributed by atoms with Crippen molar-refractivity contribution in [2.75, 3.05) is 19.7 Å². The molecule has 0 aromatic carbocycles. The molecule has 0 saturated carbocycles. The molecule has 7 heteroatoms. The molecule has 1 aliphatic rings. The van der Waals surface area contributed by atoms with Gasteiger partial charge in [0, 0.05) is 12.7 Å². The molecule has 0 bridgehead atoms. The van der Waals surface area contributed by atoms with Crippen LogP contribution >= 0.6 is 11.6 Å². The minimum Gasteiger partial charge on any atom is -0.480 e. The Hall–Kier alpha value is -1.53. The normalized spacial score (nSPS) is 16.9. The zero-order valence-corrected chi connectivity index (χ0v) is 12.2. The first-order valence-corrected chi connectivity index (χ1v) is 6.73. The minimum atomic E-state index is -1.01. The highest BCUT2D eigenvalue weighted by atomic mass is 35.5. The maximum absolute atomic E-state index is 12.3. The molecule has 2 heterocycles. The Labute approximate surface area is 121 Å². The molecule has 1 saturated heterocycles.